The molecule has 0 amide bonds. The highest BCUT2D eigenvalue weighted by Crippen LogP contribution is 2.24. The number of nitrogens with zero attached hydrogens (tertiary/aromatic N) is 1. The molecule has 1 saturated carbocycles. The molecule has 76 valence electrons. The average molecular weight is 255 g/mol. The predicted octanol–water partition coefficient (Wildman–Crippen LogP) is 3.45. The Morgan fingerprint density at radius 1 is 1.36 bits per heavy atom. The van der Waals surface area contributed by atoms with E-state index in [9.17, 15) is 0 Å². The maximum Gasteiger partial charge on any atom is 0.127 e. The lowest BCUT2D eigenvalue weighted by molar-refractivity contribution is 0.579. The summed E-state index contributed by atoms with van der Waals surface area (Å²) in [6.07, 6.45) is 5.55. The molecule has 1 heterocycles. The van der Waals surface area contributed by atoms with E-state index in [-0.39, 0.29) is 0 Å². The summed E-state index contributed by atoms with van der Waals surface area (Å²) in [7, 11) is 0. The molecule has 2 rings (SSSR count). The molecule has 3 heteroatoms. The van der Waals surface area contributed by atoms with E-state index in [0.717, 1.165) is 22.9 Å². The molecule has 1 aromatic heterocycles. The highest BCUT2D eigenvalue weighted by atomic mass is 79.9. The first-order chi connectivity index (χ1) is 6.84. The van der Waals surface area contributed by atoms with Crippen LogP contribution in [0.5, 0.6) is 0 Å². The molecule has 1 aliphatic carbocycles. The van der Waals surface area contributed by atoms with Crippen LogP contribution in [0.1, 0.15) is 25.7 Å². The van der Waals surface area contributed by atoms with Gasteiger partial charge in [0.25, 0.3) is 0 Å². The Morgan fingerprint density at radius 3 is 2.86 bits per heavy atom. The summed E-state index contributed by atoms with van der Waals surface area (Å²) in [6, 6.07) is 5.97. The number of halogens is 1. The van der Waals surface area contributed by atoms with Gasteiger partial charge < -0.3 is 5.32 Å². The van der Waals surface area contributed by atoms with E-state index >= 15 is 0 Å². The fraction of sp³-hybridized carbons (Fsp3) is 0.545. The summed E-state index contributed by atoms with van der Waals surface area (Å²) in [5, 5.41) is 3.39. The van der Waals surface area contributed by atoms with Gasteiger partial charge in [0.05, 0.1) is 0 Å². The number of anilines is 1. The summed E-state index contributed by atoms with van der Waals surface area (Å²) in [5.41, 5.74) is 0. The van der Waals surface area contributed by atoms with Gasteiger partial charge in [-0.3, -0.25) is 0 Å². The van der Waals surface area contributed by atoms with Crippen LogP contribution in [0.15, 0.2) is 22.8 Å². The van der Waals surface area contributed by atoms with Crippen molar-refractivity contribution in [1.29, 1.82) is 0 Å². The molecule has 0 aliphatic heterocycles. The van der Waals surface area contributed by atoms with E-state index in [1.807, 2.05) is 18.2 Å². The molecule has 1 N–H and O–H groups in total. The number of aromatic nitrogens is 1. The predicted molar refractivity (Wildman–Crippen MR) is 62.4 cm³/mol. The molecule has 0 aromatic carbocycles. The molecule has 2 nitrogen and oxygen atoms in total. The van der Waals surface area contributed by atoms with Gasteiger partial charge in [0.1, 0.15) is 10.4 Å². The highest BCUT2D eigenvalue weighted by Gasteiger charge is 2.14. The van der Waals surface area contributed by atoms with Crippen LogP contribution in [0.3, 0.4) is 0 Å². The molecule has 0 bridgehead atoms. The summed E-state index contributed by atoms with van der Waals surface area (Å²) < 4.78 is 0.897. The normalized spacial score (nSPS) is 17.2. The Kier molecular flexibility index (Phi) is 3.40. The Morgan fingerprint density at radius 2 is 2.14 bits per heavy atom. The van der Waals surface area contributed by atoms with Crippen LogP contribution in [0.4, 0.5) is 5.82 Å². The van der Waals surface area contributed by atoms with Crippen LogP contribution < -0.4 is 5.32 Å². The molecule has 0 unspecified atom stereocenters. The molecule has 0 atom stereocenters. The fourth-order valence-electron chi connectivity index (χ4n) is 1.97. The smallest absolute Gasteiger partial charge is 0.127 e. The number of rotatable bonds is 3. The largest absolute Gasteiger partial charge is 0.370 e. The zero-order chi connectivity index (χ0) is 9.80. The van der Waals surface area contributed by atoms with Crippen LogP contribution in [0.2, 0.25) is 0 Å². The van der Waals surface area contributed by atoms with Crippen LogP contribution in [0.25, 0.3) is 0 Å². The minimum absolute atomic E-state index is 0.857. The summed E-state index contributed by atoms with van der Waals surface area (Å²) in [5.74, 6) is 1.84. The Balaban J connectivity index is 1.85. The van der Waals surface area contributed by atoms with Gasteiger partial charge in [-0.15, -0.1) is 0 Å². The third-order valence-corrected chi connectivity index (χ3v) is 3.20. The third kappa shape index (κ3) is 2.71. The molecule has 1 fully saturated rings. The van der Waals surface area contributed by atoms with Crippen LogP contribution in [-0.2, 0) is 0 Å². The van der Waals surface area contributed by atoms with Crippen molar-refractivity contribution >= 4 is 21.7 Å². The second-order valence-electron chi connectivity index (χ2n) is 3.88. The first-order valence-electron chi connectivity index (χ1n) is 5.21. The van der Waals surface area contributed by atoms with E-state index in [4.69, 9.17) is 0 Å². The third-order valence-electron chi connectivity index (χ3n) is 2.76. The van der Waals surface area contributed by atoms with Gasteiger partial charge in [0, 0.05) is 6.54 Å². The summed E-state index contributed by atoms with van der Waals surface area (Å²) >= 11 is 3.36. The maximum absolute atomic E-state index is 4.34. The first kappa shape index (κ1) is 9.97. The van der Waals surface area contributed by atoms with E-state index < -0.39 is 0 Å². The van der Waals surface area contributed by atoms with Gasteiger partial charge in [-0.1, -0.05) is 18.9 Å². The van der Waals surface area contributed by atoms with Crippen molar-refractivity contribution in [2.45, 2.75) is 25.7 Å². The standard InChI is InChI=1S/C11H15BrN2/c12-10-6-3-7-11(14-10)13-8-9-4-1-2-5-9/h3,6-7,9H,1-2,4-5,8H2,(H,13,14). The van der Waals surface area contributed by atoms with Crippen molar-refractivity contribution in [3.8, 4) is 0 Å². The van der Waals surface area contributed by atoms with E-state index in [2.05, 4.69) is 26.2 Å². The summed E-state index contributed by atoms with van der Waals surface area (Å²) in [4.78, 5) is 4.34. The lowest BCUT2D eigenvalue weighted by atomic mass is 10.1. The second-order valence-corrected chi connectivity index (χ2v) is 4.69. The lowest BCUT2D eigenvalue weighted by Gasteiger charge is -2.10. The average Bonchev–Trinajstić information content (AvgIpc) is 2.67. The Labute approximate surface area is 93.3 Å². The zero-order valence-corrected chi connectivity index (χ0v) is 9.76. The number of hydrogen-bond acceptors (Lipinski definition) is 2. The first-order valence-corrected chi connectivity index (χ1v) is 6.00. The lowest BCUT2D eigenvalue weighted by Crippen LogP contribution is -2.11. The van der Waals surface area contributed by atoms with Crippen molar-refractivity contribution in [3.05, 3.63) is 22.8 Å². The van der Waals surface area contributed by atoms with Gasteiger partial charge >= 0.3 is 0 Å². The number of nitrogens with one attached hydrogen (secondary N) is 1. The minimum atomic E-state index is 0.857. The molecule has 14 heavy (non-hydrogen) atoms. The monoisotopic (exact) mass is 254 g/mol. The van der Waals surface area contributed by atoms with Crippen molar-refractivity contribution in [1.82, 2.24) is 4.98 Å². The Bertz CT molecular complexity index is 295. The minimum Gasteiger partial charge on any atom is -0.370 e. The van der Waals surface area contributed by atoms with Crippen molar-refractivity contribution < 1.29 is 0 Å². The zero-order valence-electron chi connectivity index (χ0n) is 8.17. The van der Waals surface area contributed by atoms with Crippen LogP contribution >= 0.6 is 15.9 Å². The maximum atomic E-state index is 4.34. The second kappa shape index (κ2) is 4.78. The SMILES string of the molecule is Brc1cccc(NCC2CCCC2)n1. The Hall–Kier alpha value is -0.570. The van der Waals surface area contributed by atoms with Crippen molar-refractivity contribution in [2.75, 3.05) is 11.9 Å². The van der Waals surface area contributed by atoms with E-state index in [0.29, 0.717) is 0 Å². The highest BCUT2D eigenvalue weighted by molar-refractivity contribution is 9.10. The molecular weight excluding hydrogens is 240 g/mol. The van der Waals surface area contributed by atoms with Gasteiger partial charge in [0.2, 0.25) is 0 Å². The van der Waals surface area contributed by atoms with Crippen molar-refractivity contribution in [2.24, 2.45) is 5.92 Å². The topological polar surface area (TPSA) is 24.9 Å². The molecule has 0 spiro atoms. The van der Waals surface area contributed by atoms with Crippen molar-refractivity contribution in [3.63, 3.8) is 0 Å². The molecule has 0 radical (unpaired) electrons. The quantitative estimate of drug-likeness (QED) is 0.837. The molecule has 0 saturated heterocycles. The van der Waals surface area contributed by atoms with Gasteiger partial charge in [0.15, 0.2) is 0 Å². The summed E-state index contributed by atoms with van der Waals surface area (Å²) in [6.45, 7) is 1.07. The van der Waals surface area contributed by atoms with Gasteiger partial charge in [-0.05, 0) is 46.8 Å². The molecule has 1 aliphatic rings. The van der Waals surface area contributed by atoms with Crippen LogP contribution in [0, 0.1) is 5.92 Å². The van der Waals surface area contributed by atoms with Gasteiger partial charge in [-0.2, -0.15) is 0 Å². The van der Waals surface area contributed by atoms with E-state index in [1.165, 1.54) is 25.7 Å². The molecular formula is C11H15BrN2. The van der Waals surface area contributed by atoms with Gasteiger partial charge in [-0.25, -0.2) is 4.98 Å². The number of pyridine rings is 1. The number of hydrogen-bond donors (Lipinski definition) is 1. The van der Waals surface area contributed by atoms with Crippen LogP contribution in [-0.4, -0.2) is 11.5 Å². The van der Waals surface area contributed by atoms with E-state index in [1.54, 1.807) is 0 Å². The molecule has 1 aromatic rings. The fourth-order valence-corrected chi connectivity index (χ4v) is 2.31.